The number of aromatic nitrogens is 3. The molecule has 0 atom stereocenters. The van der Waals surface area contributed by atoms with Crippen LogP contribution in [0.15, 0.2) is 5.16 Å². The monoisotopic (exact) mass is 495 g/mol. The van der Waals surface area contributed by atoms with E-state index in [1.807, 2.05) is 7.05 Å². The molecule has 7 rings (SSSR count). The van der Waals surface area contributed by atoms with E-state index in [0.29, 0.717) is 11.0 Å². The molecule has 4 bridgehead atoms. The van der Waals surface area contributed by atoms with Crippen LogP contribution in [0.3, 0.4) is 0 Å². The van der Waals surface area contributed by atoms with Crippen molar-refractivity contribution in [2.24, 2.45) is 30.2 Å². The first kappa shape index (κ1) is 22.6. The molecule has 0 aliphatic heterocycles. The molecule has 0 unspecified atom stereocenters. The molecule has 5 aliphatic rings. The lowest BCUT2D eigenvalue weighted by Gasteiger charge is -2.56. The van der Waals surface area contributed by atoms with Crippen LogP contribution in [-0.2, 0) is 31.1 Å². The predicted octanol–water partition coefficient (Wildman–Crippen LogP) is 5.51. The third-order valence-electron chi connectivity index (χ3n) is 8.74. The molecule has 8 heteroatoms. The van der Waals surface area contributed by atoms with E-state index in [0.717, 1.165) is 65.0 Å². The maximum Gasteiger partial charge on any atom is 0.235 e. The van der Waals surface area contributed by atoms with Gasteiger partial charge in [0.25, 0.3) is 0 Å². The summed E-state index contributed by atoms with van der Waals surface area (Å²) < 4.78 is 2.10. The summed E-state index contributed by atoms with van der Waals surface area (Å²) in [7, 11) is 2.04. The van der Waals surface area contributed by atoms with Crippen molar-refractivity contribution in [2.45, 2.75) is 82.2 Å². The first-order valence-corrected chi connectivity index (χ1v) is 14.7. The number of fused-ring (bicyclic) bond motifs is 1. The zero-order valence-electron chi connectivity index (χ0n) is 19.9. The molecule has 180 valence electrons. The molecule has 1 amide bonds. The Kier molecular flexibility index (Phi) is 5.97. The molecule has 2 heterocycles. The molecular formula is C26H33N5OS2. The summed E-state index contributed by atoms with van der Waals surface area (Å²) in [6.45, 7) is 0. The van der Waals surface area contributed by atoms with Gasteiger partial charge in [-0.1, -0.05) is 18.2 Å². The number of amides is 1. The molecule has 1 N–H and O–H groups in total. The van der Waals surface area contributed by atoms with Gasteiger partial charge in [0.15, 0.2) is 5.16 Å². The largest absolute Gasteiger partial charge is 0.316 e. The van der Waals surface area contributed by atoms with Gasteiger partial charge in [0.1, 0.15) is 16.9 Å². The van der Waals surface area contributed by atoms with Gasteiger partial charge in [-0.05, 0) is 92.9 Å². The number of aryl methyl sites for hydroxylation is 1. The van der Waals surface area contributed by atoms with Gasteiger partial charge >= 0.3 is 0 Å². The van der Waals surface area contributed by atoms with E-state index in [1.165, 1.54) is 68.0 Å². The van der Waals surface area contributed by atoms with E-state index >= 15 is 0 Å². The average molecular weight is 496 g/mol. The minimum atomic E-state index is -0.0801. The van der Waals surface area contributed by atoms with Crippen LogP contribution in [0.25, 0.3) is 0 Å². The predicted molar refractivity (Wildman–Crippen MR) is 135 cm³/mol. The first-order chi connectivity index (χ1) is 16.5. The van der Waals surface area contributed by atoms with Crippen molar-refractivity contribution in [2.75, 3.05) is 11.1 Å². The fourth-order valence-corrected chi connectivity index (χ4v) is 9.69. The average Bonchev–Trinajstić information content (AvgIpc) is 3.19. The molecular weight excluding hydrogens is 462 g/mol. The van der Waals surface area contributed by atoms with Gasteiger partial charge in [-0.2, -0.15) is 5.26 Å². The summed E-state index contributed by atoms with van der Waals surface area (Å²) in [4.78, 5) is 14.0. The van der Waals surface area contributed by atoms with E-state index in [-0.39, 0.29) is 11.7 Å². The molecule has 0 aromatic carbocycles. The fraction of sp³-hybridized carbons (Fsp3) is 0.692. The zero-order chi connectivity index (χ0) is 23.3. The van der Waals surface area contributed by atoms with E-state index in [9.17, 15) is 10.1 Å². The van der Waals surface area contributed by atoms with Crippen LogP contribution in [-0.4, -0.2) is 26.4 Å². The Balaban J connectivity index is 1.09. The molecule has 0 radical (unpaired) electrons. The Morgan fingerprint density at radius 1 is 1.15 bits per heavy atom. The standard InChI is InChI=1S/C26H33N5OS2/c1-31-22(13-26-10-16-7-17(11-26)9-18(8-16)12-26)29-30-25(31)33-15-23(32)28-24-20(14-27)19-5-3-2-4-6-21(19)34-24/h16-18H,2-13,15H2,1H3,(H,28,32). The smallest absolute Gasteiger partial charge is 0.235 e. The Morgan fingerprint density at radius 2 is 1.85 bits per heavy atom. The number of rotatable bonds is 6. The molecule has 6 nitrogen and oxygen atoms in total. The highest BCUT2D eigenvalue weighted by Crippen LogP contribution is 2.61. The molecule has 2 aromatic rings. The van der Waals surface area contributed by atoms with E-state index < -0.39 is 0 Å². The SMILES string of the molecule is Cn1c(CC23CC4CC(CC(C4)C2)C3)nnc1SCC(=O)Nc1sc2c(c1C#N)CCCCC2. The quantitative estimate of drug-likeness (QED) is 0.422. The number of nitriles is 1. The van der Waals surface area contributed by atoms with Gasteiger partial charge in [0, 0.05) is 18.3 Å². The number of thioether (sulfide) groups is 1. The highest BCUT2D eigenvalue weighted by Gasteiger charge is 2.51. The van der Waals surface area contributed by atoms with Crippen LogP contribution < -0.4 is 5.32 Å². The number of carbonyl (C=O) groups is 1. The van der Waals surface area contributed by atoms with Crippen LogP contribution in [0.2, 0.25) is 0 Å². The second kappa shape index (κ2) is 8.98. The summed E-state index contributed by atoms with van der Waals surface area (Å²) in [6.07, 6.45) is 15.0. The van der Waals surface area contributed by atoms with Crippen LogP contribution in [0.4, 0.5) is 5.00 Å². The molecule has 0 spiro atoms. The summed E-state index contributed by atoms with van der Waals surface area (Å²) >= 11 is 3.03. The fourth-order valence-electron chi connectivity index (χ4n) is 7.71. The minimum Gasteiger partial charge on any atom is -0.316 e. The molecule has 5 aliphatic carbocycles. The van der Waals surface area contributed by atoms with Crippen LogP contribution in [0, 0.1) is 34.5 Å². The maximum absolute atomic E-state index is 12.8. The van der Waals surface area contributed by atoms with Gasteiger partial charge in [-0.15, -0.1) is 21.5 Å². The maximum atomic E-state index is 12.8. The Bertz CT molecular complexity index is 1110. The van der Waals surface area contributed by atoms with Crippen molar-refractivity contribution in [3.8, 4) is 6.07 Å². The molecule has 4 saturated carbocycles. The van der Waals surface area contributed by atoms with Gasteiger partial charge in [0.2, 0.25) is 5.91 Å². The van der Waals surface area contributed by atoms with Gasteiger partial charge in [-0.3, -0.25) is 4.79 Å². The Labute approximate surface area is 209 Å². The van der Waals surface area contributed by atoms with Gasteiger partial charge in [0.05, 0.1) is 11.3 Å². The van der Waals surface area contributed by atoms with Gasteiger partial charge in [-0.25, -0.2) is 0 Å². The van der Waals surface area contributed by atoms with Crippen LogP contribution in [0.1, 0.15) is 79.6 Å². The minimum absolute atomic E-state index is 0.0801. The number of nitrogens with one attached hydrogen (secondary N) is 1. The zero-order valence-corrected chi connectivity index (χ0v) is 21.6. The molecule has 4 fully saturated rings. The number of carbonyl (C=O) groups excluding carboxylic acids is 1. The highest BCUT2D eigenvalue weighted by atomic mass is 32.2. The van der Waals surface area contributed by atoms with Crippen molar-refractivity contribution in [1.82, 2.24) is 14.8 Å². The topological polar surface area (TPSA) is 83.6 Å². The molecule has 2 aromatic heterocycles. The van der Waals surface area contributed by atoms with Crippen LogP contribution in [0.5, 0.6) is 0 Å². The second-order valence-electron chi connectivity index (χ2n) is 11.3. The first-order valence-electron chi connectivity index (χ1n) is 12.9. The van der Waals surface area contributed by atoms with E-state index in [1.54, 1.807) is 11.3 Å². The molecule has 0 saturated heterocycles. The molecule has 34 heavy (non-hydrogen) atoms. The van der Waals surface area contributed by atoms with E-state index in [4.69, 9.17) is 0 Å². The summed E-state index contributed by atoms with van der Waals surface area (Å²) in [5.74, 6) is 4.06. The van der Waals surface area contributed by atoms with Crippen molar-refractivity contribution in [3.63, 3.8) is 0 Å². The summed E-state index contributed by atoms with van der Waals surface area (Å²) in [5, 5.41) is 23.2. The lowest BCUT2D eigenvalue weighted by molar-refractivity contribution is -0.113. The summed E-state index contributed by atoms with van der Waals surface area (Å²) in [5.41, 5.74) is 2.27. The van der Waals surface area contributed by atoms with Crippen molar-refractivity contribution < 1.29 is 4.79 Å². The number of thiophene rings is 1. The Hall–Kier alpha value is -1.85. The Morgan fingerprint density at radius 3 is 2.56 bits per heavy atom. The number of anilines is 1. The van der Waals surface area contributed by atoms with Crippen molar-refractivity contribution >= 4 is 34.0 Å². The van der Waals surface area contributed by atoms with E-state index in [2.05, 4.69) is 26.2 Å². The lowest BCUT2D eigenvalue weighted by atomic mass is 9.49. The number of hydrogen-bond donors (Lipinski definition) is 1. The summed E-state index contributed by atoms with van der Waals surface area (Å²) in [6, 6.07) is 2.35. The second-order valence-corrected chi connectivity index (χ2v) is 13.3. The lowest BCUT2D eigenvalue weighted by Crippen LogP contribution is -2.47. The number of nitrogens with zero attached hydrogens (tertiary/aromatic N) is 4. The van der Waals surface area contributed by atoms with Crippen molar-refractivity contribution in [1.29, 1.82) is 5.26 Å². The normalized spacial score (nSPS) is 29.5. The van der Waals surface area contributed by atoms with Gasteiger partial charge < -0.3 is 9.88 Å². The number of hydrogen-bond acceptors (Lipinski definition) is 6. The third kappa shape index (κ3) is 4.19. The highest BCUT2D eigenvalue weighted by molar-refractivity contribution is 7.99. The van der Waals surface area contributed by atoms with Crippen molar-refractivity contribution in [3.05, 3.63) is 21.8 Å². The third-order valence-corrected chi connectivity index (χ3v) is 11.0. The van der Waals surface area contributed by atoms with Crippen LogP contribution >= 0.6 is 23.1 Å².